The summed E-state index contributed by atoms with van der Waals surface area (Å²) in [6.45, 7) is 3.02. The first kappa shape index (κ1) is 49.9. The summed E-state index contributed by atoms with van der Waals surface area (Å²) in [5, 5.41) is 47.8. The highest BCUT2D eigenvalue weighted by atomic mass is 16.5. The first-order chi connectivity index (χ1) is 25.8. The molecule has 23 heteroatoms. The van der Waals surface area contributed by atoms with Gasteiger partial charge >= 0.3 is 0 Å². The van der Waals surface area contributed by atoms with Crippen LogP contribution in [-0.4, -0.2) is 194 Å². The molecule has 0 aromatic carbocycles. The molecule has 312 valence electrons. The van der Waals surface area contributed by atoms with Crippen molar-refractivity contribution in [1.29, 1.82) is 0 Å². The topological polar surface area (TPSA) is 296 Å². The Hall–Kier alpha value is -4.07. The highest BCUT2D eigenvalue weighted by Crippen LogP contribution is 1.98. The molecule has 0 radical (unpaired) electrons. The van der Waals surface area contributed by atoms with E-state index in [-0.39, 0.29) is 118 Å². The molecule has 0 aliphatic carbocycles. The van der Waals surface area contributed by atoms with E-state index in [1.807, 2.05) is 6.92 Å². The van der Waals surface area contributed by atoms with E-state index in [1.54, 1.807) is 0 Å². The van der Waals surface area contributed by atoms with Crippen LogP contribution in [0.15, 0.2) is 0 Å². The second kappa shape index (κ2) is 32.4. The zero-order valence-electron chi connectivity index (χ0n) is 31.0. The van der Waals surface area contributed by atoms with Gasteiger partial charge in [-0.2, -0.15) is 0 Å². The average molecular weight is 784 g/mol. The van der Waals surface area contributed by atoms with Crippen molar-refractivity contribution in [3.8, 4) is 0 Å². The molecule has 0 saturated heterocycles. The molecular formula is C31H57N7O16. The van der Waals surface area contributed by atoms with Crippen molar-refractivity contribution in [2.24, 2.45) is 0 Å². The molecule has 23 nitrogen and oxygen atoms in total. The number of hydroxylamine groups is 8. The number of hydrogen-bond donors (Lipinski definition) is 7. The van der Waals surface area contributed by atoms with E-state index in [4.69, 9.17) is 23.7 Å². The van der Waals surface area contributed by atoms with Gasteiger partial charge in [0.2, 0.25) is 35.4 Å². The van der Waals surface area contributed by atoms with Gasteiger partial charge in [0.1, 0.15) is 13.2 Å². The van der Waals surface area contributed by atoms with Gasteiger partial charge < -0.3 is 39.6 Å². The molecule has 0 rings (SSSR count). The maximum absolute atomic E-state index is 12.1. The van der Waals surface area contributed by atoms with Crippen molar-refractivity contribution in [2.45, 2.75) is 46.0 Å². The molecule has 0 bridgehead atoms. The quantitative estimate of drug-likeness (QED) is 0.0202. The van der Waals surface area contributed by atoms with Gasteiger partial charge in [0.05, 0.1) is 72.4 Å². The van der Waals surface area contributed by atoms with Crippen molar-refractivity contribution in [2.75, 3.05) is 112 Å². The number of nitrogens with zero attached hydrogens (tertiary/aromatic N) is 4. The largest absolute Gasteiger partial charge is 0.380 e. The molecule has 54 heavy (non-hydrogen) atoms. The number of hydrogen-bond acceptors (Lipinski definition) is 16. The monoisotopic (exact) mass is 783 g/mol. The number of nitrogens with one attached hydrogen (secondary N) is 3. The van der Waals surface area contributed by atoms with Gasteiger partial charge in [0.15, 0.2) is 0 Å². The highest BCUT2D eigenvalue weighted by Gasteiger charge is 2.15. The Morgan fingerprint density at radius 2 is 0.815 bits per heavy atom. The normalized spacial score (nSPS) is 10.7. The van der Waals surface area contributed by atoms with Gasteiger partial charge in [-0.05, 0) is 6.42 Å². The van der Waals surface area contributed by atoms with E-state index in [9.17, 15) is 54.4 Å². The molecule has 0 unspecified atom stereocenters. The second-order valence-corrected chi connectivity index (χ2v) is 11.2. The number of amides is 7. The van der Waals surface area contributed by atoms with Crippen molar-refractivity contribution in [3.63, 3.8) is 0 Å². The summed E-state index contributed by atoms with van der Waals surface area (Å²) >= 11 is 0. The third-order valence-electron chi connectivity index (χ3n) is 6.66. The number of ether oxygens (including phenoxy) is 5. The van der Waals surface area contributed by atoms with Gasteiger partial charge in [-0.15, -0.1) is 0 Å². The zero-order chi connectivity index (χ0) is 40.6. The van der Waals surface area contributed by atoms with Crippen LogP contribution in [0, 0.1) is 0 Å². The summed E-state index contributed by atoms with van der Waals surface area (Å²) in [4.78, 5) is 82.2. The van der Waals surface area contributed by atoms with Crippen LogP contribution in [-0.2, 0) is 57.2 Å². The van der Waals surface area contributed by atoms with E-state index in [2.05, 4.69) is 16.0 Å². The zero-order valence-corrected chi connectivity index (χ0v) is 31.0. The molecule has 0 spiro atoms. The van der Waals surface area contributed by atoms with Gasteiger partial charge in [-0.1, -0.05) is 6.92 Å². The van der Waals surface area contributed by atoms with Gasteiger partial charge in [0, 0.05) is 58.8 Å². The van der Waals surface area contributed by atoms with Crippen molar-refractivity contribution in [1.82, 2.24) is 36.2 Å². The summed E-state index contributed by atoms with van der Waals surface area (Å²) in [5.74, 6) is -4.08. The predicted octanol–water partition coefficient (Wildman–Crippen LogP) is -2.72. The summed E-state index contributed by atoms with van der Waals surface area (Å²) in [6.07, 6.45) is -0.0934. The van der Waals surface area contributed by atoms with Crippen LogP contribution in [0.5, 0.6) is 0 Å². The molecule has 0 saturated carbocycles. The van der Waals surface area contributed by atoms with E-state index < -0.39 is 54.6 Å². The van der Waals surface area contributed by atoms with E-state index in [0.717, 1.165) is 6.42 Å². The molecule has 0 aliphatic heterocycles. The lowest BCUT2D eigenvalue weighted by Gasteiger charge is -2.16. The molecule has 0 aliphatic rings. The number of carbonyl (C=O) groups excluding carboxylic acids is 7. The second-order valence-electron chi connectivity index (χ2n) is 11.2. The van der Waals surface area contributed by atoms with Gasteiger partial charge in [0.25, 0.3) is 5.91 Å². The first-order valence-electron chi connectivity index (χ1n) is 17.4. The van der Waals surface area contributed by atoms with Crippen molar-refractivity contribution < 1.29 is 78.1 Å². The van der Waals surface area contributed by atoms with E-state index in [0.29, 0.717) is 26.9 Å². The van der Waals surface area contributed by atoms with Crippen LogP contribution < -0.4 is 16.0 Å². The molecule has 0 heterocycles. The summed E-state index contributed by atoms with van der Waals surface area (Å²) in [5.41, 5.74) is 0. The molecule has 0 fully saturated rings. The van der Waals surface area contributed by atoms with Gasteiger partial charge in [-0.3, -0.25) is 54.4 Å². The molecular weight excluding hydrogens is 726 g/mol. The molecule has 0 aromatic heterocycles. The summed E-state index contributed by atoms with van der Waals surface area (Å²) in [6, 6.07) is 0. The third-order valence-corrected chi connectivity index (χ3v) is 6.66. The van der Waals surface area contributed by atoms with Crippen LogP contribution in [0.3, 0.4) is 0 Å². The van der Waals surface area contributed by atoms with Crippen LogP contribution in [0.25, 0.3) is 0 Å². The Bertz CT molecular complexity index is 1120. The van der Waals surface area contributed by atoms with E-state index >= 15 is 0 Å². The lowest BCUT2D eigenvalue weighted by molar-refractivity contribution is -0.173. The fourth-order valence-electron chi connectivity index (χ4n) is 3.71. The first-order valence-corrected chi connectivity index (χ1v) is 17.4. The number of carbonyl (C=O) groups is 7. The molecule has 0 atom stereocenters. The smallest absolute Gasteiger partial charge is 0.271 e. The Morgan fingerprint density at radius 1 is 0.444 bits per heavy atom. The lowest BCUT2D eigenvalue weighted by atomic mass is 10.2. The molecule has 7 N–H and O–H groups in total. The molecule has 0 aromatic rings. The van der Waals surface area contributed by atoms with Crippen LogP contribution in [0.1, 0.15) is 46.0 Å². The minimum atomic E-state index is -0.721. The minimum absolute atomic E-state index is 0.0147. The third kappa shape index (κ3) is 28.4. The summed E-state index contributed by atoms with van der Waals surface area (Å²) < 4.78 is 25.8. The minimum Gasteiger partial charge on any atom is -0.380 e. The predicted molar refractivity (Wildman–Crippen MR) is 182 cm³/mol. The fraction of sp³-hybridized carbons (Fsp3) is 0.774. The SMILES string of the molecule is CCCOCCN(O)C(=O)COCC(=O)NCCOCCN(O)C(=O)CCC(=O)NCCOCCN(O)C(=O)CCC(=O)NCCOCCN(O)C(C)=O. The van der Waals surface area contributed by atoms with Gasteiger partial charge in [-0.25, -0.2) is 20.3 Å². The highest BCUT2D eigenvalue weighted by molar-refractivity contribution is 5.84. The Labute approximate surface area is 313 Å². The standard InChI is InChI=1S/C31H57N7O16/c1-3-15-50-20-14-38(49)31(45)24-54-23-28(42)34-10-18-53-22-13-37(48)30(44)7-5-27(41)33-9-17-52-21-12-36(47)29(43)6-4-26(40)32-8-16-51-19-11-35(46)25(2)39/h46-49H,3-24H2,1-2H3,(H,32,40)(H,33,41)(H,34,42). The summed E-state index contributed by atoms with van der Waals surface area (Å²) in [7, 11) is 0. The fourth-order valence-corrected chi connectivity index (χ4v) is 3.71. The van der Waals surface area contributed by atoms with Crippen LogP contribution in [0.4, 0.5) is 0 Å². The van der Waals surface area contributed by atoms with Crippen LogP contribution in [0.2, 0.25) is 0 Å². The maximum Gasteiger partial charge on any atom is 0.271 e. The molecule has 7 amide bonds. The number of rotatable bonds is 33. The van der Waals surface area contributed by atoms with Crippen molar-refractivity contribution >= 4 is 41.4 Å². The Balaban J connectivity index is 3.80. The maximum atomic E-state index is 12.1. The van der Waals surface area contributed by atoms with Crippen LogP contribution >= 0.6 is 0 Å². The average Bonchev–Trinajstić information content (AvgIpc) is 3.14. The lowest BCUT2D eigenvalue weighted by Crippen LogP contribution is -2.36. The Morgan fingerprint density at radius 3 is 1.22 bits per heavy atom. The van der Waals surface area contributed by atoms with E-state index in [1.165, 1.54) is 6.92 Å². The Kier molecular flexibility index (Phi) is 29.9. The van der Waals surface area contributed by atoms with Crippen molar-refractivity contribution in [3.05, 3.63) is 0 Å².